The Kier molecular flexibility index (Phi) is 4.20. The molecule has 0 radical (unpaired) electrons. The zero-order valence-corrected chi connectivity index (χ0v) is 9.23. The number of ether oxygens (including phenoxy) is 1. The average molecular weight is 185 g/mol. The molecule has 1 fully saturated rings. The lowest BCUT2D eigenvalue weighted by molar-refractivity contribution is 0.107. The van der Waals surface area contributed by atoms with E-state index in [1.807, 2.05) is 0 Å². The Morgan fingerprint density at radius 1 is 1.38 bits per heavy atom. The first-order valence-electron chi connectivity index (χ1n) is 5.45. The first-order chi connectivity index (χ1) is 6.21. The summed E-state index contributed by atoms with van der Waals surface area (Å²) in [4.78, 5) is 0. The van der Waals surface area contributed by atoms with Crippen LogP contribution in [-0.2, 0) is 4.74 Å². The van der Waals surface area contributed by atoms with E-state index in [-0.39, 0.29) is 0 Å². The first kappa shape index (κ1) is 11.0. The van der Waals surface area contributed by atoms with Crippen molar-refractivity contribution in [3.05, 3.63) is 0 Å². The fourth-order valence-electron chi connectivity index (χ4n) is 2.27. The van der Waals surface area contributed by atoms with Gasteiger partial charge in [0.15, 0.2) is 0 Å². The predicted octanol–water partition coefficient (Wildman–Crippen LogP) is 2.19. The van der Waals surface area contributed by atoms with Gasteiger partial charge >= 0.3 is 0 Å². The van der Waals surface area contributed by atoms with E-state index < -0.39 is 0 Å². The summed E-state index contributed by atoms with van der Waals surface area (Å²) in [6.07, 6.45) is 5.17. The molecule has 0 saturated carbocycles. The third kappa shape index (κ3) is 2.68. The molecular formula is C11H23NO. The molecule has 0 amide bonds. The lowest BCUT2D eigenvalue weighted by Gasteiger charge is -2.42. The number of piperidine rings is 1. The van der Waals surface area contributed by atoms with Crippen LogP contribution in [0.4, 0.5) is 0 Å². The number of methoxy groups -OCH3 is 1. The summed E-state index contributed by atoms with van der Waals surface area (Å²) < 4.78 is 5.18. The molecule has 2 nitrogen and oxygen atoms in total. The molecule has 0 spiro atoms. The van der Waals surface area contributed by atoms with Gasteiger partial charge < -0.3 is 10.1 Å². The Morgan fingerprint density at radius 2 is 2.15 bits per heavy atom. The third-order valence-electron chi connectivity index (χ3n) is 3.38. The standard InChI is InChI=1S/C11H23NO/c1-10(2)11(7-9-13-3)6-4-5-8-12-11/h10,12H,4-9H2,1-3H3. The van der Waals surface area contributed by atoms with E-state index in [2.05, 4.69) is 19.2 Å². The second-order valence-corrected chi connectivity index (χ2v) is 4.44. The van der Waals surface area contributed by atoms with Gasteiger partial charge in [0, 0.05) is 19.3 Å². The highest BCUT2D eigenvalue weighted by atomic mass is 16.5. The van der Waals surface area contributed by atoms with Crippen molar-refractivity contribution in [3.8, 4) is 0 Å². The van der Waals surface area contributed by atoms with E-state index in [9.17, 15) is 0 Å². The minimum absolute atomic E-state index is 0.355. The molecule has 0 aromatic rings. The molecule has 1 saturated heterocycles. The largest absolute Gasteiger partial charge is 0.385 e. The first-order valence-corrected chi connectivity index (χ1v) is 5.45. The molecule has 1 aliphatic heterocycles. The summed E-state index contributed by atoms with van der Waals surface area (Å²) in [5, 5.41) is 3.69. The molecule has 13 heavy (non-hydrogen) atoms. The molecule has 1 heterocycles. The van der Waals surface area contributed by atoms with Crippen LogP contribution in [0.15, 0.2) is 0 Å². The van der Waals surface area contributed by atoms with E-state index in [1.54, 1.807) is 7.11 Å². The molecular weight excluding hydrogens is 162 g/mol. The number of hydrogen-bond donors (Lipinski definition) is 1. The summed E-state index contributed by atoms with van der Waals surface area (Å²) in [5.41, 5.74) is 0.355. The van der Waals surface area contributed by atoms with Crippen molar-refractivity contribution in [3.63, 3.8) is 0 Å². The summed E-state index contributed by atoms with van der Waals surface area (Å²) in [6.45, 7) is 6.69. The van der Waals surface area contributed by atoms with Gasteiger partial charge in [-0.3, -0.25) is 0 Å². The Hall–Kier alpha value is -0.0800. The summed E-state index contributed by atoms with van der Waals surface area (Å²) in [7, 11) is 1.79. The van der Waals surface area contributed by atoms with E-state index in [1.165, 1.54) is 25.8 Å². The Bertz CT molecular complexity index is 139. The minimum Gasteiger partial charge on any atom is -0.385 e. The molecule has 0 aromatic heterocycles. The van der Waals surface area contributed by atoms with Gasteiger partial charge in [0.05, 0.1) is 0 Å². The summed E-state index contributed by atoms with van der Waals surface area (Å²) in [6, 6.07) is 0. The van der Waals surface area contributed by atoms with E-state index in [4.69, 9.17) is 4.74 Å². The molecule has 0 bridgehead atoms. The lowest BCUT2D eigenvalue weighted by atomic mass is 9.77. The predicted molar refractivity (Wildman–Crippen MR) is 55.9 cm³/mol. The Balaban J connectivity index is 2.51. The van der Waals surface area contributed by atoms with Crippen LogP contribution in [0.1, 0.15) is 39.5 Å². The molecule has 1 rings (SSSR count). The number of rotatable bonds is 4. The topological polar surface area (TPSA) is 21.3 Å². The van der Waals surface area contributed by atoms with Crippen molar-refractivity contribution < 1.29 is 4.74 Å². The maximum atomic E-state index is 5.18. The van der Waals surface area contributed by atoms with Crippen molar-refractivity contribution in [1.29, 1.82) is 0 Å². The quantitative estimate of drug-likeness (QED) is 0.725. The maximum absolute atomic E-state index is 5.18. The van der Waals surface area contributed by atoms with E-state index in [0.717, 1.165) is 13.0 Å². The maximum Gasteiger partial charge on any atom is 0.0479 e. The normalized spacial score (nSPS) is 29.5. The van der Waals surface area contributed by atoms with Crippen molar-refractivity contribution in [2.24, 2.45) is 5.92 Å². The van der Waals surface area contributed by atoms with Gasteiger partial charge in [-0.2, -0.15) is 0 Å². The highest BCUT2D eigenvalue weighted by Crippen LogP contribution is 2.30. The average Bonchev–Trinajstić information content (AvgIpc) is 2.16. The van der Waals surface area contributed by atoms with Crippen molar-refractivity contribution in [1.82, 2.24) is 5.32 Å². The van der Waals surface area contributed by atoms with Gasteiger partial charge in [-0.15, -0.1) is 0 Å². The summed E-state index contributed by atoms with van der Waals surface area (Å²) in [5.74, 6) is 0.711. The zero-order chi connectivity index (χ0) is 9.73. The van der Waals surface area contributed by atoms with Crippen LogP contribution in [-0.4, -0.2) is 25.8 Å². The van der Waals surface area contributed by atoms with Gasteiger partial charge in [-0.25, -0.2) is 0 Å². The molecule has 1 N–H and O–H groups in total. The third-order valence-corrected chi connectivity index (χ3v) is 3.38. The van der Waals surface area contributed by atoms with Crippen LogP contribution < -0.4 is 5.32 Å². The fourth-order valence-corrected chi connectivity index (χ4v) is 2.27. The van der Waals surface area contributed by atoms with Crippen molar-refractivity contribution in [2.45, 2.75) is 45.1 Å². The monoisotopic (exact) mass is 185 g/mol. The molecule has 78 valence electrons. The SMILES string of the molecule is COCCC1(C(C)C)CCCCN1. The smallest absolute Gasteiger partial charge is 0.0479 e. The van der Waals surface area contributed by atoms with E-state index in [0.29, 0.717) is 11.5 Å². The van der Waals surface area contributed by atoms with Crippen LogP contribution in [0.2, 0.25) is 0 Å². The van der Waals surface area contributed by atoms with Gasteiger partial charge in [0.1, 0.15) is 0 Å². The lowest BCUT2D eigenvalue weighted by Crippen LogP contribution is -2.53. The Labute approximate surface area is 82.0 Å². The number of nitrogens with one attached hydrogen (secondary N) is 1. The number of hydrogen-bond acceptors (Lipinski definition) is 2. The van der Waals surface area contributed by atoms with Crippen LogP contribution >= 0.6 is 0 Å². The summed E-state index contributed by atoms with van der Waals surface area (Å²) >= 11 is 0. The highest BCUT2D eigenvalue weighted by Gasteiger charge is 2.34. The van der Waals surface area contributed by atoms with Gasteiger partial charge in [0.2, 0.25) is 0 Å². The Morgan fingerprint density at radius 3 is 2.62 bits per heavy atom. The highest BCUT2D eigenvalue weighted by molar-refractivity contribution is 4.93. The zero-order valence-electron chi connectivity index (χ0n) is 9.23. The fraction of sp³-hybridized carbons (Fsp3) is 1.00. The van der Waals surface area contributed by atoms with Gasteiger partial charge in [-0.1, -0.05) is 20.3 Å². The molecule has 1 unspecified atom stereocenters. The van der Waals surface area contributed by atoms with Gasteiger partial charge in [-0.05, 0) is 31.7 Å². The van der Waals surface area contributed by atoms with Crippen LogP contribution in [0.5, 0.6) is 0 Å². The van der Waals surface area contributed by atoms with Crippen LogP contribution in [0.3, 0.4) is 0 Å². The molecule has 1 atom stereocenters. The van der Waals surface area contributed by atoms with Crippen LogP contribution in [0.25, 0.3) is 0 Å². The molecule has 0 aromatic carbocycles. The van der Waals surface area contributed by atoms with Crippen molar-refractivity contribution in [2.75, 3.05) is 20.3 Å². The second-order valence-electron chi connectivity index (χ2n) is 4.44. The molecule has 2 heteroatoms. The van der Waals surface area contributed by atoms with Gasteiger partial charge in [0.25, 0.3) is 0 Å². The van der Waals surface area contributed by atoms with Crippen molar-refractivity contribution >= 4 is 0 Å². The van der Waals surface area contributed by atoms with Crippen LogP contribution in [0, 0.1) is 5.92 Å². The molecule has 1 aliphatic rings. The second kappa shape index (κ2) is 4.97. The van der Waals surface area contributed by atoms with E-state index >= 15 is 0 Å². The molecule has 0 aliphatic carbocycles. The minimum atomic E-state index is 0.355.